The molecule has 22 heavy (non-hydrogen) atoms. The van der Waals surface area contributed by atoms with Crippen molar-refractivity contribution >= 4 is 40.3 Å². The van der Waals surface area contributed by atoms with Gasteiger partial charge in [0.2, 0.25) is 5.54 Å². The second-order valence-corrected chi connectivity index (χ2v) is 7.26. The van der Waals surface area contributed by atoms with Crippen LogP contribution in [-0.2, 0) is 15.1 Å². The highest BCUT2D eigenvalue weighted by molar-refractivity contribution is 14.1. The maximum absolute atomic E-state index is 12.6. The minimum atomic E-state index is -1.76. The quantitative estimate of drug-likeness (QED) is 0.718. The molecule has 0 saturated carbocycles. The molecule has 116 valence electrons. The smallest absolute Gasteiger partial charge is 0.409 e. The summed E-state index contributed by atoms with van der Waals surface area (Å²) in [6.07, 6.45) is -0.803. The number of carbonyl (C=O) groups excluding carboxylic acids is 2. The summed E-state index contributed by atoms with van der Waals surface area (Å²) in [5.74, 6) is -0.502. The number of benzene rings is 1. The molecule has 0 spiro atoms. The van der Waals surface area contributed by atoms with Gasteiger partial charge in [0.15, 0.2) is 0 Å². The van der Waals surface area contributed by atoms with Gasteiger partial charge >= 0.3 is 6.09 Å². The second-order valence-electron chi connectivity index (χ2n) is 6.01. The van der Waals surface area contributed by atoms with Crippen molar-refractivity contribution in [1.82, 2.24) is 5.32 Å². The molecule has 0 saturated heterocycles. The van der Waals surface area contributed by atoms with Crippen molar-refractivity contribution in [3.05, 3.63) is 27.3 Å². The van der Waals surface area contributed by atoms with Gasteiger partial charge in [-0.3, -0.25) is 10.1 Å². The number of ether oxygens (including phenoxy) is 1. The highest BCUT2D eigenvalue weighted by Gasteiger charge is 2.52. The van der Waals surface area contributed by atoms with Gasteiger partial charge in [0.05, 0.1) is 5.69 Å². The van der Waals surface area contributed by atoms with Crippen LogP contribution in [0.3, 0.4) is 0 Å². The van der Waals surface area contributed by atoms with E-state index in [1.165, 1.54) is 4.90 Å². The lowest BCUT2D eigenvalue weighted by molar-refractivity contribution is -0.122. The van der Waals surface area contributed by atoms with Crippen molar-refractivity contribution in [3.8, 4) is 6.07 Å². The lowest BCUT2D eigenvalue weighted by atomic mass is 9.93. The van der Waals surface area contributed by atoms with Crippen LogP contribution in [0.5, 0.6) is 0 Å². The van der Waals surface area contributed by atoms with Crippen molar-refractivity contribution in [1.29, 1.82) is 5.26 Å². The Bertz CT molecular complexity index is 690. The SMILES string of the molecule is CN1C(=O)C(C#N)(NC(=O)OC(C)(C)C)c2cc(I)ccc21. The number of nitrogens with one attached hydrogen (secondary N) is 1. The maximum Gasteiger partial charge on any atom is 0.409 e. The molecule has 1 unspecified atom stereocenters. The molecule has 1 aliphatic rings. The van der Waals surface area contributed by atoms with Crippen molar-refractivity contribution in [3.63, 3.8) is 0 Å². The Labute approximate surface area is 142 Å². The lowest BCUT2D eigenvalue weighted by Gasteiger charge is -2.25. The van der Waals surface area contributed by atoms with Crippen LogP contribution >= 0.6 is 22.6 Å². The standard InChI is InChI=1S/C15H16IN3O3/c1-14(2,3)22-13(21)18-15(8-17)10-7-9(16)5-6-11(10)19(4)12(15)20/h5-7H,1-4H3,(H,18,21). The second kappa shape index (κ2) is 5.43. The molecule has 1 atom stereocenters. The number of likely N-dealkylation sites (N-methyl/N-ethyl adjacent to an activating group) is 1. The number of hydrogen-bond donors (Lipinski definition) is 1. The number of halogens is 1. The fourth-order valence-electron chi connectivity index (χ4n) is 2.29. The average molecular weight is 413 g/mol. The van der Waals surface area contributed by atoms with E-state index in [-0.39, 0.29) is 0 Å². The number of alkyl carbamates (subject to hydrolysis) is 1. The molecule has 0 bridgehead atoms. The molecular formula is C15H16IN3O3. The van der Waals surface area contributed by atoms with Crippen molar-refractivity contribution < 1.29 is 14.3 Å². The first kappa shape index (κ1) is 16.5. The fraction of sp³-hybridized carbons (Fsp3) is 0.400. The molecule has 1 N–H and O–H groups in total. The van der Waals surface area contributed by atoms with Gasteiger partial charge in [0.25, 0.3) is 5.91 Å². The van der Waals surface area contributed by atoms with E-state index in [0.717, 1.165) is 3.57 Å². The summed E-state index contributed by atoms with van der Waals surface area (Å²) in [5.41, 5.74) is -1.42. The molecule has 1 aliphatic heterocycles. The van der Waals surface area contributed by atoms with Crippen molar-refractivity contribution in [2.75, 3.05) is 11.9 Å². The van der Waals surface area contributed by atoms with Crippen LogP contribution in [0.25, 0.3) is 0 Å². The van der Waals surface area contributed by atoms with Gasteiger partial charge in [-0.25, -0.2) is 4.79 Å². The van der Waals surface area contributed by atoms with E-state index in [4.69, 9.17) is 4.74 Å². The van der Waals surface area contributed by atoms with Gasteiger partial charge in [-0.2, -0.15) is 5.26 Å². The van der Waals surface area contributed by atoms with Crippen LogP contribution in [0.15, 0.2) is 18.2 Å². The molecule has 1 heterocycles. The number of hydrogen-bond acceptors (Lipinski definition) is 4. The first-order chi connectivity index (χ1) is 10.1. The van der Waals surface area contributed by atoms with E-state index >= 15 is 0 Å². The third kappa shape index (κ3) is 2.75. The molecule has 0 radical (unpaired) electrons. The van der Waals surface area contributed by atoms with E-state index in [9.17, 15) is 14.9 Å². The number of amides is 2. The number of nitriles is 1. The molecule has 1 aromatic rings. The molecule has 7 heteroatoms. The molecule has 0 aliphatic carbocycles. The third-order valence-electron chi connectivity index (χ3n) is 3.21. The summed E-state index contributed by atoms with van der Waals surface area (Å²) < 4.78 is 6.05. The zero-order valence-corrected chi connectivity index (χ0v) is 14.9. The highest BCUT2D eigenvalue weighted by Crippen LogP contribution is 2.40. The Hall–Kier alpha value is -1.82. The van der Waals surface area contributed by atoms with Gasteiger partial charge < -0.3 is 9.64 Å². The number of rotatable bonds is 1. The summed E-state index contributed by atoms with van der Waals surface area (Å²) in [4.78, 5) is 26.0. The first-order valence-electron chi connectivity index (χ1n) is 6.61. The molecular weight excluding hydrogens is 397 g/mol. The van der Waals surface area contributed by atoms with Gasteiger partial charge in [0.1, 0.15) is 11.7 Å². The summed E-state index contributed by atoms with van der Waals surface area (Å²) in [5, 5.41) is 12.1. The predicted octanol–water partition coefficient (Wildman–Crippen LogP) is 2.51. The fourth-order valence-corrected chi connectivity index (χ4v) is 2.78. The summed E-state index contributed by atoms with van der Waals surface area (Å²) >= 11 is 2.09. The number of nitrogens with zero attached hydrogens (tertiary/aromatic N) is 2. The third-order valence-corrected chi connectivity index (χ3v) is 3.88. The van der Waals surface area contributed by atoms with Gasteiger partial charge in [-0.15, -0.1) is 0 Å². The molecule has 2 amide bonds. The van der Waals surface area contributed by atoms with E-state index in [2.05, 4.69) is 27.9 Å². The Morgan fingerprint density at radius 3 is 2.64 bits per heavy atom. The monoisotopic (exact) mass is 413 g/mol. The normalized spacial score (nSPS) is 20.4. The average Bonchev–Trinajstić information content (AvgIpc) is 2.59. The number of anilines is 1. The maximum atomic E-state index is 12.6. The van der Waals surface area contributed by atoms with Gasteiger partial charge in [0, 0.05) is 16.2 Å². The van der Waals surface area contributed by atoms with Crippen LogP contribution in [0.2, 0.25) is 0 Å². The van der Waals surface area contributed by atoms with Crippen LogP contribution in [0.4, 0.5) is 10.5 Å². The van der Waals surface area contributed by atoms with Gasteiger partial charge in [-0.05, 0) is 61.6 Å². The van der Waals surface area contributed by atoms with Crippen LogP contribution in [-0.4, -0.2) is 24.6 Å². The number of carbonyl (C=O) groups is 2. The first-order valence-corrected chi connectivity index (χ1v) is 7.69. The predicted molar refractivity (Wildman–Crippen MR) is 89.2 cm³/mol. The zero-order chi connectivity index (χ0) is 16.7. The molecule has 6 nitrogen and oxygen atoms in total. The van der Waals surface area contributed by atoms with Crippen LogP contribution in [0, 0.1) is 14.9 Å². The summed E-state index contributed by atoms with van der Waals surface area (Å²) in [6.45, 7) is 5.14. The zero-order valence-electron chi connectivity index (χ0n) is 12.7. The number of fused-ring (bicyclic) bond motifs is 1. The Morgan fingerprint density at radius 1 is 1.45 bits per heavy atom. The van der Waals surface area contributed by atoms with E-state index < -0.39 is 23.1 Å². The lowest BCUT2D eigenvalue weighted by Crippen LogP contribution is -2.52. The molecule has 0 fully saturated rings. The largest absolute Gasteiger partial charge is 0.444 e. The van der Waals surface area contributed by atoms with Crippen molar-refractivity contribution in [2.24, 2.45) is 0 Å². The van der Waals surface area contributed by atoms with E-state index in [1.54, 1.807) is 40.0 Å². The Morgan fingerprint density at radius 2 is 2.09 bits per heavy atom. The minimum absolute atomic E-state index is 0.459. The Balaban J connectivity index is 2.47. The van der Waals surface area contributed by atoms with Crippen molar-refractivity contribution in [2.45, 2.75) is 31.9 Å². The van der Waals surface area contributed by atoms with Crippen LogP contribution < -0.4 is 10.2 Å². The Kier molecular flexibility index (Phi) is 4.08. The van der Waals surface area contributed by atoms with Crippen LogP contribution in [0.1, 0.15) is 26.3 Å². The topological polar surface area (TPSA) is 82.4 Å². The molecule has 0 aromatic heterocycles. The molecule has 1 aromatic carbocycles. The summed E-state index contributed by atoms with van der Waals surface area (Å²) in [7, 11) is 1.57. The van der Waals surface area contributed by atoms with Gasteiger partial charge in [-0.1, -0.05) is 0 Å². The van der Waals surface area contributed by atoms with E-state index in [1.807, 2.05) is 12.1 Å². The summed E-state index contributed by atoms with van der Waals surface area (Å²) in [6, 6.07) is 7.26. The highest BCUT2D eigenvalue weighted by atomic mass is 127. The van der Waals surface area contributed by atoms with E-state index in [0.29, 0.717) is 11.3 Å². The minimum Gasteiger partial charge on any atom is -0.444 e. The molecule has 2 rings (SSSR count).